The van der Waals surface area contributed by atoms with Gasteiger partial charge in [-0.25, -0.2) is 0 Å². The minimum atomic E-state index is -1.00. The first kappa shape index (κ1) is 19.0. The highest BCUT2D eigenvalue weighted by Gasteiger charge is 2.20. The number of aliphatic hydroxyl groups is 2. The molecule has 6 heteroatoms. The Kier molecular flexibility index (Phi) is 7.78. The zero-order valence-corrected chi connectivity index (χ0v) is 15.3. The summed E-state index contributed by atoms with van der Waals surface area (Å²) in [5.41, 5.74) is 1.28. The first-order valence-corrected chi connectivity index (χ1v) is 10.2. The van der Waals surface area contributed by atoms with Gasteiger partial charge < -0.3 is 19.7 Å². The van der Waals surface area contributed by atoms with Gasteiger partial charge in [0.1, 0.15) is 35.6 Å². The molecule has 0 aromatic heterocycles. The van der Waals surface area contributed by atoms with Gasteiger partial charge in [0.15, 0.2) is 0 Å². The lowest BCUT2D eigenvalue weighted by Crippen LogP contribution is -2.10. The Bertz CT molecular complexity index is 546. The van der Waals surface area contributed by atoms with Crippen LogP contribution in [-0.2, 0) is 0 Å². The molecule has 2 aromatic rings. The summed E-state index contributed by atoms with van der Waals surface area (Å²) in [7, 11) is 0. The monoisotopic (exact) mass is 366 g/mol. The van der Waals surface area contributed by atoms with Crippen molar-refractivity contribution in [2.45, 2.75) is 12.2 Å². The molecule has 2 unspecified atom stereocenters. The van der Waals surface area contributed by atoms with Crippen molar-refractivity contribution >= 4 is 23.5 Å². The average molecular weight is 367 g/mol. The number of benzene rings is 2. The highest BCUT2D eigenvalue weighted by Crippen LogP contribution is 2.30. The zero-order chi connectivity index (χ0) is 17.4. The third kappa shape index (κ3) is 5.34. The first-order chi connectivity index (χ1) is 11.7. The minimum Gasteiger partial charge on any atom is -0.483 e. The van der Waals surface area contributed by atoms with E-state index >= 15 is 0 Å². The number of hydrogen-bond donors (Lipinski definition) is 2. The molecule has 2 N–H and O–H groups in total. The van der Waals surface area contributed by atoms with Crippen LogP contribution in [0.25, 0.3) is 0 Å². The summed E-state index contributed by atoms with van der Waals surface area (Å²) < 4.78 is 11.0. The summed E-state index contributed by atoms with van der Waals surface area (Å²) in [4.78, 5) is 0. The van der Waals surface area contributed by atoms with Crippen molar-refractivity contribution in [2.75, 3.05) is 24.4 Å². The average Bonchev–Trinajstić information content (AvgIpc) is 2.64. The van der Waals surface area contributed by atoms with Crippen molar-refractivity contribution in [3.8, 4) is 11.5 Å². The molecule has 130 valence electrons. The number of aliphatic hydroxyl groups excluding tert-OH is 2. The van der Waals surface area contributed by atoms with Crippen LogP contribution in [0, 0.1) is 0 Å². The smallest absolute Gasteiger partial charge is 0.133 e. The van der Waals surface area contributed by atoms with E-state index in [1.165, 1.54) is 0 Å². The molecule has 2 aromatic carbocycles. The molecule has 2 rings (SSSR count). The van der Waals surface area contributed by atoms with Gasteiger partial charge in [0.2, 0.25) is 0 Å². The molecule has 0 aliphatic heterocycles. The van der Waals surface area contributed by atoms with E-state index in [1.54, 1.807) is 72.1 Å². The van der Waals surface area contributed by atoms with Gasteiger partial charge >= 0.3 is 0 Å². The second kappa shape index (κ2) is 9.84. The third-order valence-electron chi connectivity index (χ3n) is 3.43. The summed E-state index contributed by atoms with van der Waals surface area (Å²) >= 11 is 3.18. The van der Waals surface area contributed by atoms with E-state index in [4.69, 9.17) is 9.47 Å². The number of thioether (sulfide) groups is 2. The number of hydrogen-bond acceptors (Lipinski definition) is 6. The standard InChI is InChI=1S/C18H22O4S2/c1-23-11-21-15-7-3-13(4-8-15)17(19)18(20)14-5-9-16(10-6-14)22-12-24-2/h3-10,17-20H,11-12H2,1-2H3. The Labute approximate surface area is 151 Å². The van der Waals surface area contributed by atoms with Crippen LogP contribution in [0.1, 0.15) is 23.3 Å². The second-order valence-electron chi connectivity index (χ2n) is 5.13. The molecule has 0 heterocycles. The molecular formula is C18H22O4S2. The van der Waals surface area contributed by atoms with Crippen LogP contribution in [0.2, 0.25) is 0 Å². The number of rotatable bonds is 9. The lowest BCUT2D eigenvalue weighted by atomic mass is 9.98. The van der Waals surface area contributed by atoms with Crippen LogP contribution < -0.4 is 9.47 Å². The van der Waals surface area contributed by atoms with Crippen molar-refractivity contribution in [3.05, 3.63) is 59.7 Å². The quantitative estimate of drug-likeness (QED) is 0.658. The number of ether oxygens (including phenoxy) is 2. The highest BCUT2D eigenvalue weighted by molar-refractivity contribution is 7.98. The maximum Gasteiger partial charge on any atom is 0.133 e. The summed E-state index contributed by atoms with van der Waals surface area (Å²) in [5, 5.41) is 20.8. The van der Waals surface area contributed by atoms with E-state index in [9.17, 15) is 10.2 Å². The first-order valence-electron chi connectivity index (χ1n) is 7.45. The SMILES string of the molecule is CSCOc1ccc(C(O)C(O)c2ccc(OCSC)cc2)cc1. The topological polar surface area (TPSA) is 58.9 Å². The Morgan fingerprint density at radius 1 is 0.708 bits per heavy atom. The van der Waals surface area contributed by atoms with Gasteiger partial charge in [0.25, 0.3) is 0 Å². The Balaban J connectivity index is 2.01. The highest BCUT2D eigenvalue weighted by atomic mass is 32.2. The van der Waals surface area contributed by atoms with Gasteiger partial charge in [-0.3, -0.25) is 0 Å². The van der Waals surface area contributed by atoms with Gasteiger partial charge in [0.05, 0.1) is 0 Å². The normalized spacial score (nSPS) is 13.3. The Hall–Kier alpha value is -1.34. The predicted molar refractivity (Wildman–Crippen MR) is 101 cm³/mol. The molecule has 0 aliphatic carbocycles. The lowest BCUT2D eigenvalue weighted by molar-refractivity contribution is 0.0172. The molecule has 0 radical (unpaired) electrons. The van der Waals surface area contributed by atoms with Gasteiger partial charge in [-0.2, -0.15) is 0 Å². The summed E-state index contributed by atoms with van der Waals surface area (Å²) in [6, 6.07) is 14.2. The third-order valence-corrected chi connectivity index (χ3v) is 4.14. The molecule has 0 saturated heterocycles. The fraction of sp³-hybridized carbons (Fsp3) is 0.333. The molecule has 0 fully saturated rings. The fourth-order valence-corrected chi connectivity index (χ4v) is 2.65. The Morgan fingerprint density at radius 3 is 1.33 bits per heavy atom. The molecular weight excluding hydrogens is 344 g/mol. The van der Waals surface area contributed by atoms with Crippen LogP contribution in [0.5, 0.6) is 11.5 Å². The minimum absolute atomic E-state index is 0.579. The summed E-state index contributed by atoms with van der Waals surface area (Å²) in [5.74, 6) is 2.64. The molecule has 2 atom stereocenters. The van der Waals surface area contributed by atoms with E-state index in [2.05, 4.69) is 0 Å². The fourth-order valence-electron chi connectivity index (χ4n) is 2.14. The molecule has 0 aliphatic rings. The van der Waals surface area contributed by atoms with Crippen molar-refractivity contribution in [3.63, 3.8) is 0 Å². The van der Waals surface area contributed by atoms with Crippen molar-refractivity contribution in [1.82, 2.24) is 0 Å². The molecule has 0 saturated carbocycles. The van der Waals surface area contributed by atoms with Crippen molar-refractivity contribution in [2.24, 2.45) is 0 Å². The molecule has 0 bridgehead atoms. The van der Waals surface area contributed by atoms with Gasteiger partial charge in [0, 0.05) is 0 Å². The van der Waals surface area contributed by atoms with Crippen LogP contribution in [0.3, 0.4) is 0 Å². The van der Waals surface area contributed by atoms with Crippen LogP contribution in [0.4, 0.5) is 0 Å². The molecule has 24 heavy (non-hydrogen) atoms. The summed E-state index contributed by atoms with van der Waals surface area (Å²) in [6.45, 7) is 0. The van der Waals surface area contributed by atoms with E-state index in [1.807, 2.05) is 12.5 Å². The molecule has 4 nitrogen and oxygen atoms in total. The second-order valence-corrected chi connectivity index (χ2v) is 6.76. The van der Waals surface area contributed by atoms with E-state index < -0.39 is 12.2 Å². The lowest BCUT2D eigenvalue weighted by Gasteiger charge is -2.19. The molecule has 0 spiro atoms. The van der Waals surface area contributed by atoms with Crippen LogP contribution in [-0.4, -0.2) is 34.6 Å². The molecule has 0 amide bonds. The van der Waals surface area contributed by atoms with Gasteiger partial charge in [-0.1, -0.05) is 24.3 Å². The van der Waals surface area contributed by atoms with E-state index in [0.717, 1.165) is 11.5 Å². The zero-order valence-electron chi connectivity index (χ0n) is 13.7. The van der Waals surface area contributed by atoms with Crippen molar-refractivity contribution in [1.29, 1.82) is 0 Å². The summed E-state index contributed by atoms with van der Waals surface area (Å²) in [6.07, 6.45) is 1.92. The maximum atomic E-state index is 10.4. The van der Waals surface area contributed by atoms with E-state index in [0.29, 0.717) is 23.0 Å². The maximum absolute atomic E-state index is 10.4. The Morgan fingerprint density at radius 2 is 1.04 bits per heavy atom. The predicted octanol–water partition coefficient (Wildman–Crippen LogP) is 3.85. The van der Waals surface area contributed by atoms with Gasteiger partial charge in [-0.05, 0) is 47.9 Å². The van der Waals surface area contributed by atoms with Crippen molar-refractivity contribution < 1.29 is 19.7 Å². The van der Waals surface area contributed by atoms with Gasteiger partial charge in [-0.15, -0.1) is 23.5 Å². The van der Waals surface area contributed by atoms with Crippen LogP contribution >= 0.6 is 23.5 Å². The largest absolute Gasteiger partial charge is 0.483 e. The van der Waals surface area contributed by atoms with E-state index in [-0.39, 0.29) is 0 Å². The van der Waals surface area contributed by atoms with Crippen LogP contribution in [0.15, 0.2) is 48.5 Å².